The molecule has 0 spiro atoms. The Morgan fingerprint density at radius 2 is 1.38 bits per heavy atom. The first-order chi connectivity index (χ1) is 9.99. The lowest BCUT2D eigenvalue weighted by atomic mass is 9.98. The zero-order valence-electron chi connectivity index (χ0n) is 11.7. The lowest BCUT2D eigenvalue weighted by Crippen LogP contribution is -2.45. The van der Waals surface area contributed by atoms with Crippen molar-refractivity contribution in [1.82, 2.24) is 10.2 Å². The highest BCUT2D eigenvalue weighted by Crippen LogP contribution is 2.33. The average molecular weight is 308 g/mol. The average Bonchev–Trinajstić information content (AvgIpc) is 2.51. The monoisotopic (exact) mass is 308 g/mol. The van der Waals surface area contributed by atoms with E-state index in [-0.39, 0.29) is 0 Å². The fraction of sp³-hybridized carbons (Fsp3) is 0.571. The van der Waals surface area contributed by atoms with Crippen molar-refractivity contribution in [3.8, 4) is 0 Å². The van der Waals surface area contributed by atoms with Crippen LogP contribution in [-0.4, -0.2) is 31.1 Å². The van der Waals surface area contributed by atoms with Crippen LogP contribution in [0.4, 0.5) is 22.0 Å². The lowest BCUT2D eigenvalue weighted by Gasteiger charge is -2.35. The first-order valence-corrected chi connectivity index (χ1v) is 6.95. The van der Waals surface area contributed by atoms with Crippen molar-refractivity contribution in [2.24, 2.45) is 0 Å². The van der Waals surface area contributed by atoms with Crippen molar-refractivity contribution >= 4 is 0 Å². The molecule has 2 nitrogen and oxygen atoms in total. The van der Waals surface area contributed by atoms with Crippen LogP contribution in [0.1, 0.15) is 31.4 Å². The van der Waals surface area contributed by atoms with E-state index >= 15 is 0 Å². The van der Waals surface area contributed by atoms with Crippen LogP contribution in [0.5, 0.6) is 0 Å². The number of benzene rings is 1. The van der Waals surface area contributed by atoms with Gasteiger partial charge >= 0.3 is 0 Å². The SMILES string of the molecule is CCC[C@@H](c1c(F)c(F)c(F)c(F)c1F)N1CCNCC1. The molecule has 0 bridgehead atoms. The third-order valence-corrected chi connectivity index (χ3v) is 3.73. The Morgan fingerprint density at radius 3 is 1.86 bits per heavy atom. The summed E-state index contributed by atoms with van der Waals surface area (Å²) in [6.45, 7) is 4.06. The summed E-state index contributed by atoms with van der Waals surface area (Å²) < 4.78 is 67.8. The molecule has 1 N–H and O–H groups in total. The van der Waals surface area contributed by atoms with Crippen LogP contribution >= 0.6 is 0 Å². The standard InChI is InChI=1S/C14H17F5N2/c1-2-3-8(21-6-4-20-5-7-21)9-10(15)12(17)14(19)13(18)11(9)16/h8,20H,2-7H2,1H3/t8-/m0/s1. The summed E-state index contributed by atoms with van der Waals surface area (Å²) in [5, 5.41) is 3.09. The predicted octanol–water partition coefficient (Wildman–Crippen LogP) is 3.13. The predicted molar refractivity (Wildman–Crippen MR) is 68.3 cm³/mol. The summed E-state index contributed by atoms with van der Waals surface area (Å²) in [5.41, 5.74) is -0.713. The van der Waals surface area contributed by atoms with Gasteiger partial charge in [-0.1, -0.05) is 13.3 Å². The van der Waals surface area contributed by atoms with Crippen molar-refractivity contribution in [3.05, 3.63) is 34.6 Å². The third-order valence-electron chi connectivity index (χ3n) is 3.73. The maximum atomic E-state index is 14.0. The molecule has 1 aromatic carbocycles. The first kappa shape index (κ1) is 16.2. The zero-order valence-corrected chi connectivity index (χ0v) is 11.7. The van der Waals surface area contributed by atoms with E-state index in [9.17, 15) is 22.0 Å². The van der Waals surface area contributed by atoms with Gasteiger partial charge in [-0.15, -0.1) is 0 Å². The van der Waals surface area contributed by atoms with Crippen LogP contribution in [0.3, 0.4) is 0 Å². The zero-order chi connectivity index (χ0) is 15.6. The second kappa shape index (κ2) is 6.70. The molecule has 1 aromatic rings. The van der Waals surface area contributed by atoms with Gasteiger partial charge < -0.3 is 5.32 Å². The van der Waals surface area contributed by atoms with E-state index in [1.165, 1.54) is 0 Å². The molecule has 1 saturated heterocycles. The van der Waals surface area contributed by atoms with Crippen molar-refractivity contribution in [2.75, 3.05) is 26.2 Å². The van der Waals surface area contributed by atoms with E-state index in [1.807, 2.05) is 0 Å². The Hall–Kier alpha value is -1.21. The maximum absolute atomic E-state index is 14.0. The molecule has 21 heavy (non-hydrogen) atoms. The number of hydrogen-bond donors (Lipinski definition) is 1. The Morgan fingerprint density at radius 1 is 0.905 bits per heavy atom. The van der Waals surface area contributed by atoms with E-state index in [1.54, 1.807) is 11.8 Å². The molecule has 0 radical (unpaired) electrons. The van der Waals surface area contributed by atoms with E-state index < -0.39 is 40.7 Å². The van der Waals surface area contributed by atoms with Gasteiger partial charge in [0.1, 0.15) is 0 Å². The minimum atomic E-state index is -2.11. The molecule has 0 amide bonds. The molecule has 0 unspecified atom stereocenters. The van der Waals surface area contributed by atoms with Crippen molar-refractivity contribution < 1.29 is 22.0 Å². The smallest absolute Gasteiger partial charge is 0.200 e. The second-order valence-electron chi connectivity index (χ2n) is 5.07. The van der Waals surface area contributed by atoms with Gasteiger partial charge in [-0.25, -0.2) is 22.0 Å². The lowest BCUT2D eigenvalue weighted by molar-refractivity contribution is 0.155. The molecule has 1 atom stereocenters. The van der Waals surface area contributed by atoms with Crippen LogP contribution in [0.15, 0.2) is 0 Å². The van der Waals surface area contributed by atoms with Crippen LogP contribution in [0, 0.1) is 29.1 Å². The molecule has 0 aliphatic carbocycles. The van der Waals surface area contributed by atoms with Gasteiger partial charge in [0.25, 0.3) is 0 Å². The fourth-order valence-electron chi connectivity index (χ4n) is 2.69. The molecule has 7 heteroatoms. The number of halogens is 5. The maximum Gasteiger partial charge on any atom is 0.200 e. The van der Waals surface area contributed by atoms with Crippen LogP contribution in [-0.2, 0) is 0 Å². The number of nitrogens with zero attached hydrogens (tertiary/aromatic N) is 1. The Labute approximate surface area is 119 Å². The Kier molecular flexibility index (Phi) is 5.16. The molecular formula is C14H17F5N2. The highest BCUT2D eigenvalue weighted by Gasteiger charge is 2.33. The molecule has 1 heterocycles. The molecule has 0 saturated carbocycles. The summed E-state index contributed by atoms with van der Waals surface area (Å²) >= 11 is 0. The Bertz CT molecular complexity index is 486. The largest absolute Gasteiger partial charge is 0.314 e. The molecule has 1 aliphatic heterocycles. The minimum Gasteiger partial charge on any atom is -0.314 e. The van der Waals surface area contributed by atoms with Gasteiger partial charge in [-0.2, -0.15) is 0 Å². The summed E-state index contributed by atoms with van der Waals surface area (Å²) in [6.07, 6.45) is 0.909. The molecule has 0 aromatic heterocycles. The van der Waals surface area contributed by atoms with Crippen LogP contribution < -0.4 is 5.32 Å². The van der Waals surface area contributed by atoms with Crippen molar-refractivity contribution in [3.63, 3.8) is 0 Å². The van der Waals surface area contributed by atoms with Gasteiger partial charge in [-0.05, 0) is 6.42 Å². The second-order valence-corrected chi connectivity index (χ2v) is 5.07. The van der Waals surface area contributed by atoms with E-state index in [0.29, 0.717) is 39.0 Å². The van der Waals surface area contributed by atoms with Gasteiger partial charge in [0.05, 0.1) is 0 Å². The van der Waals surface area contributed by atoms with Crippen LogP contribution in [0.2, 0.25) is 0 Å². The molecule has 1 fully saturated rings. The Balaban J connectivity index is 2.49. The van der Waals surface area contributed by atoms with Crippen LogP contribution in [0.25, 0.3) is 0 Å². The summed E-state index contributed by atoms with van der Waals surface area (Å²) in [4.78, 5) is 1.76. The van der Waals surface area contributed by atoms with Gasteiger partial charge in [0.15, 0.2) is 23.3 Å². The quantitative estimate of drug-likeness (QED) is 0.522. The topological polar surface area (TPSA) is 15.3 Å². The molecule has 2 rings (SSSR count). The third kappa shape index (κ3) is 3.03. The van der Waals surface area contributed by atoms with Gasteiger partial charge in [-0.3, -0.25) is 4.90 Å². The van der Waals surface area contributed by atoms with E-state index in [2.05, 4.69) is 5.32 Å². The summed E-state index contributed by atoms with van der Waals surface area (Å²) in [6, 6.07) is -0.804. The normalized spacial score (nSPS) is 18.0. The molecular weight excluding hydrogens is 291 g/mol. The number of hydrogen-bond acceptors (Lipinski definition) is 2. The highest BCUT2D eigenvalue weighted by atomic mass is 19.2. The highest BCUT2D eigenvalue weighted by molar-refractivity contribution is 5.27. The van der Waals surface area contributed by atoms with Crippen molar-refractivity contribution in [2.45, 2.75) is 25.8 Å². The summed E-state index contributed by atoms with van der Waals surface area (Å²) in [5.74, 6) is -9.30. The number of nitrogens with one attached hydrogen (secondary N) is 1. The van der Waals surface area contributed by atoms with Gasteiger partial charge in [0.2, 0.25) is 5.82 Å². The van der Waals surface area contributed by atoms with Crippen molar-refractivity contribution in [1.29, 1.82) is 0 Å². The molecule has 118 valence electrons. The van der Waals surface area contributed by atoms with Gasteiger partial charge in [0, 0.05) is 37.8 Å². The number of piperazine rings is 1. The summed E-state index contributed by atoms with van der Waals surface area (Å²) in [7, 11) is 0. The fourth-order valence-corrected chi connectivity index (χ4v) is 2.69. The first-order valence-electron chi connectivity index (χ1n) is 6.95. The number of rotatable bonds is 4. The molecule has 1 aliphatic rings. The van der Waals surface area contributed by atoms with E-state index in [4.69, 9.17) is 0 Å². The van der Waals surface area contributed by atoms with E-state index in [0.717, 1.165) is 0 Å². The minimum absolute atomic E-state index is 0.332.